The SMILES string of the molecule is NC(=O)c1ccc(C(N)=O)cc1.Nc1ccc(-c2ccc(N)cc2OC(F)(F)C(F)F)c(OC(F)(F)C(F)F)c1. The molecule has 0 fully saturated rings. The summed E-state index contributed by atoms with van der Waals surface area (Å²) < 4.78 is 111. The highest BCUT2D eigenvalue weighted by molar-refractivity contribution is 5.96. The number of amides is 2. The molecule has 2 amide bonds. The van der Waals surface area contributed by atoms with Gasteiger partial charge in [-0.3, -0.25) is 9.59 Å². The van der Waals surface area contributed by atoms with Crippen molar-refractivity contribution in [3.63, 3.8) is 0 Å². The van der Waals surface area contributed by atoms with Gasteiger partial charge in [-0.25, -0.2) is 0 Å². The summed E-state index contributed by atoms with van der Waals surface area (Å²) in [5.41, 5.74) is 20.3. The number of nitrogen functional groups attached to an aromatic ring is 2. The quantitative estimate of drug-likeness (QED) is 0.209. The number of primary amides is 2. The zero-order valence-electron chi connectivity index (χ0n) is 19.9. The zero-order chi connectivity index (χ0) is 30.4. The second kappa shape index (κ2) is 12.4. The summed E-state index contributed by atoms with van der Waals surface area (Å²) in [6.07, 6.45) is -18.3. The van der Waals surface area contributed by atoms with Crippen LogP contribution in [0.25, 0.3) is 11.1 Å². The van der Waals surface area contributed by atoms with Crippen molar-refractivity contribution in [1.29, 1.82) is 0 Å². The average Bonchev–Trinajstić information content (AvgIpc) is 2.84. The minimum absolute atomic E-state index is 0.181. The van der Waals surface area contributed by atoms with Crippen LogP contribution in [0.5, 0.6) is 11.5 Å². The molecule has 8 nitrogen and oxygen atoms in total. The van der Waals surface area contributed by atoms with Crippen LogP contribution in [0.4, 0.5) is 46.5 Å². The molecule has 16 heteroatoms. The summed E-state index contributed by atoms with van der Waals surface area (Å²) in [5, 5.41) is 0. The van der Waals surface area contributed by atoms with Crippen LogP contribution in [0.1, 0.15) is 20.7 Å². The van der Waals surface area contributed by atoms with E-state index in [-0.39, 0.29) is 11.4 Å². The molecular formula is C24H20F8N4O4. The maximum atomic E-state index is 13.3. The molecule has 3 aromatic rings. The molecule has 0 saturated carbocycles. The lowest BCUT2D eigenvalue weighted by molar-refractivity contribution is -0.253. The van der Waals surface area contributed by atoms with E-state index in [9.17, 15) is 44.7 Å². The van der Waals surface area contributed by atoms with Gasteiger partial charge in [0.05, 0.1) is 0 Å². The Morgan fingerprint density at radius 1 is 0.600 bits per heavy atom. The number of halogens is 8. The largest absolute Gasteiger partial charge is 0.461 e. The highest BCUT2D eigenvalue weighted by Crippen LogP contribution is 2.43. The van der Waals surface area contributed by atoms with E-state index in [4.69, 9.17) is 22.9 Å². The smallest absolute Gasteiger partial charge is 0.428 e. The second-order valence-corrected chi connectivity index (χ2v) is 7.75. The van der Waals surface area contributed by atoms with E-state index in [0.717, 1.165) is 36.4 Å². The lowest BCUT2D eigenvalue weighted by Crippen LogP contribution is -2.34. The summed E-state index contributed by atoms with van der Waals surface area (Å²) in [7, 11) is 0. The van der Waals surface area contributed by atoms with Crippen molar-refractivity contribution >= 4 is 23.2 Å². The number of ether oxygens (including phenoxy) is 2. The Kier molecular flexibility index (Phi) is 9.75. The Morgan fingerprint density at radius 2 is 0.900 bits per heavy atom. The predicted octanol–water partition coefficient (Wildman–Crippen LogP) is 4.88. The van der Waals surface area contributed by atoms with Crippen LogP contribution in [-0.2, 0) is 0 Å². The number of rotatable bonds is 9. The minimum atomic E-state index is -4.94. The molecule has 0 heterocycles. The van der Waals surface area contributed by atoms with Crippen LogP contribution in [0.3, 0.4) is 0 Å². The van der Waals surface area contributed by atoms with E-state index in [1.807, 2.05) is 0 Å². The zero-order valence-corrected chi connectivity index (χ0v) is 19.9. The summed E-state index contributed by atoms with van der Waals surface area (Å²) in [6.45, 7) is 0. The molecule has 0 unspecified atom stereocenters. The lowest BCUT2D eigenvalue weighted by atomic mass is 10.0. The number of hydrogen-bond acceptors (Lipinski definition) is 6. The van der Waals surface area contributed by atoms with Gasteiger partial charge in [-0.1, -0.05) is 0 Å². The standard InChI is InChI=1S/C16H12F8N2O2.C8H8N2O2/c17-13(18)15(21,22)27-11-5-7(25)1-3-9(11)10-4-2-8(26)6-12(10)28-16(23,24)14(19)20;9-7(11)5-1-2-6(4-3-5)8(10)12/h1-6,13-14H,25-26H2;1-4H,(H2,9,11)(H2,10,12). The highest BCUT2D eigenvalue weighted by Gasteiger charge is 2.46. The third kappa shape index (κ3) is 8.12. The molecule has 0 spiro atoms. The third-order valence-corrected chi connectivity index (χ3v) is 4.76. The van der Waals surface area contributed by atoms with Gasteiger partial charge >= 0.3 is 25.1 Å². The third-order valence-electron chi connectivity index (χ3n) is 4.76. The summed E-state index contributed by atoms with van der Waals surface area (Å²) >= 11 is 0. The van der Waals surface area contributed by atoms with Gasteiger partial charge in [-0.15, -0.1) is 0 Å². The molecule has 0 saturated heterocycles. The van der Waals surface area contributed by atoms with Crippen molar-refractivity contribution in [3.8, 4) is 22.6 Å². The molecule has 0 atom stereocenters. The molecule has 0 radical (unpaired) electrons. The van der Waals surface area contributed by atoms with Gasteiger partial charge < -0.3 is 32.4 Å². The van der Waals surface area contributed by atoms with Gasteiger partial charge in [-0.2, -0.15) is 35.1 Å². The molecule has 8 N–H and O–H groups in total. The van der Waals surface area contributed by atoms with Crippen molar-refractivity contribution < 1.29 is 54.2 Å². The molecule has 0 aromatic heterocycles. The predicted molar refractivity (Wildman–Crippen MR) is 127 cm³/mol. The van der Waals surface area contributed by atoms with E-state index < -0.39 is 59.5 Å². The Balaban J connectivity index is 0.000000389. The van der Waals surface area contributed by atoms with E-state index in [1.165, 1.54) is 24.3 Å². The molecule has 216 valence electrons. The van der Waals surface area contributed by atoms with E-state index in [0.29, 0.717) is 11.1 Å². The van der Waals surface area contributed by atoms with E-state index >= 15 is 0 Å². The van der Waals surface area contributed by atoms with Crippen molar-refractivity contribution in [2.24, 2.45) is 11.5 Å². The Hall–Kier alpha value is -4.76. The molecule has 0 aliphatic rings. The first kappa shape index (κ1) is 31.5. The first-order chi connectivity index (χ1) is 18.4. The number of hydrogen-bond donors (Lipinski definition) is 4. The first-order valence-corrected chi connectivity index (χ1v) is 10.6. The van der Waals surface area contributed by atoms with Crippen LogP contribution in [-0.4, -0.2) is 36.9 Å². The first-order valence-electron chi connectivity index (χ1n) is 10.6. The normalized spacial score (nSPS) is 11.6. The van der Waals surface area contributed by atoms with Crippen molar-refractivity contribution in [1.82, 2.24) is 0 Å². The van der Waals surface area contributed by atoms with Gasteiger partial charge in [0.15, 0.2) is 0 Å². The topological polar surface area (TPSA) is 157 Å². The summed E-state index contributed by atoms with van der Waals surface area (Å²) in [6, 6.07) is 11.5. The van der Waals surface area contributed by atoms with Crippen molar-refractivity contribution in [2.45, 2.75) is 25.1 Å². The Labute approximate surface area is 220 Å². The van der Waals surface area contributed by atoms with Crippen LogP contribution in [0.2, 0.25) is 0 Å². The average molecular weight is 580 g/mol. The number of nitrogens with two attached hydrogens (primary N) is 4. The monoisotopic (exact) mass is 580 g/mol. The number of benzene rings is 3. The lowest BCUT2D eigenvalue weighted by Gasteiger charge is -2.22. The highest BCUT2D eigenvalue weighted by atomic mass is 19.3. The maximum absolute atomic E-state index is 13.3. The van der Waals surface area contributed by atoms with Gasteiger partial charge in [0.1, 0.15) is 11.5 Å². The van der Waals surface area contributed by atoms with Crippen LogP contribution in [0.15, 0.2) is 60.7 Å². The van der Waals surface area contributed by atoms with Gasteiger partial charge in [-0.05, 0) is 48.5 Å². The van der Waals surface area contributed by atoms with Crippen LogP contribution in [0, 0.1) is 0 Å². The van der Waals surface area contributed by atoms with E-state index in [2.05, 4.69) is 9.47 Å². The fourth-order valence-corrected chi connectivity index (χ4v) is 2.87. The fourth-order valence-electron chi connectivity index (χ4n) is 2.87. The summed E-state index contributed by atoms with van der Waals surface area (Å²) in [4.78, 5) is 21.2. The second-order valence-electron chi connectivity index (χ2n) is 7.75. The van der Waals surface area contributed by atoms with Gasteiger partial charge in [0, 0.05) is 45.8 Å². The number of carbonyl (C=O) groups excluding carboxylic acids is 2. The Morgan fingerprint density at radius 3 is 1.15 bits per heavy atom. The molecular weight excluding hydrogens is 560 g/mol. The van der Waals surface area contributed by atoms with Crippen LogP contribution >= 0.6 is 0 Å². The molecule has 3 rings (SSSR count). The molecule has 0 bridgehead atoms. The summed E-state index contributed by atoms with van der Waals surface area (Å²) in [5.74, 6) is -2.88. The van der Waals surface area contributed by atoms with Crippen molar-refractivity contribution in [2.75, 3.05) is 11.5 Å². The van der Waals surface area contributed by atoms with Gasteiger partial charge in [0.2, 0.25) is 11.8 Å². The minimum Gasteiger partial charge on any atom is -0.428 e. The number of alkyl halides is 8. The maximum Gasteiger partial charge on any atom is 0.461 e. The van der Waals surface area contributed by atoms with E-state index in [1.54, 1.807) is 0 Å². The molecule has 40 heavy (non-hydrogen) atoms. The van der Waals surface area contributed by atoms with Crippen LogP contribution < -0.4 is 32.4 Å². The number of anilines is 2. The molecule has 3 aromatic carbocycles. The molecule has 0 aliphatic heterocycles. The van der Waals surface area contributed by atoms with Crippen molar-refractivity contribution in [3.05, 3.63) is 71.8 Å². The van der Waals surface area contributed by atoms with Gasteiger partial charge in [0.25, 0.3) is 0 Å². The number of carbonyl (C=O) groups is 2. The fraction of sp³-hybridized carbons (Fsp3) is 0.167. The Bertz CT molecular complexity index is 1250. The molecule has 0 aliphatic carbocycles.